The van der Waals surface area contributed by atoms with E-state index >= 15 is 0 Å². The number of nitro benzene ring substituents is 1. The highest BCUT2D eigenvalue weighted by atomic mass is 32.2. The van der Waals surface area contributed by atoms with Crippen LogP contribution in [0.4, 0.5) is 11.4 Å². The Hall–Kier alpha value is -1.76. The summed E-state index contributed by atoms with van der Waals surface area (Å²) in [5.41, 5.74) is 5.48. The molecule has 3 N–H and O–H groups in total. The zero-order valence-corrected chi connectivity index (χ0v) is 11.9. The molecular weight excluding hydrogens is 266 g/mol. The Morgan fingerprint density at radius 1 is 1.53 bits per heavy atom. The summed E-state index contributed by atoms with van der Waals surface area (Å²) in [5.74, 6) is -0.681. The fourth-order valence-electron chi connectivity index (χ4n) is 1.37. The minimum absolute atomic E-state index is 0.0454. The Kier molecular flexibility index (Phi) is 4.77. The number of rotatable bonds is 6. The molecule has 0 aliphatic heterocycles. The maximum atomic E-state index is 11.0. The molecule has 0 heterocycles. The standard InChI is InChI=1S/C12H17N3O3S/c1-12(2,19-3)7-14-9-5-4-8(11(13)16)6-10(9)15(17)18/h4-6,14H,7H2,1-3H3,(H2,13,16). The second-order valence-corrected chi connectivity index (χ2v) is 6.18. The molecular formula is C12H17N3O3S. The lowest BCUT2D eigenvalue weighted by Crippen LogP contribution is -2.26. The number of hydrogen-bond acceptors (Lipinski definition) is 5. The van der Waals surface area contributed by atoms with E-state index in [1.54, 1.807) is 11.8 Å². The topological polar surface area (TPSA) is 98.3 Å². The van der Waals surface area contributed by atoms with Gasteiger partial charge in [-0.2, -0.15) is 11.8 Å². The van der Waals surface area contributed by atoms with Gasteiger partial charge in [0, 0.05) is 22.9 Å². The number of nitrogens with one attached hydrogen (secondary N) is 1. The van der Waals surface area contributed by atoms with Gasteiger partial charge in [0.25, 0.3) is 5.69 Å². The number of primary amides is 1. The van der Waals surface area contributed by atoms with E-state index in [-0.39, 0.29) is 16.0 Å². The number of amides is 1. The molecule has 0 radical (unpaired) electrons. The number of nitrogens with two attached hydrogens (primary N) is 1. The van der Waals surface area contributed by atoms with E-state index in [0.717, 1.165) is 0 Å². The zero-order valence-electron chi connectivity index (χ0n) is 11.1. The van der Waals surface area contributed by atoms with Gasteiger partial charge in [-0.25, -0.2) is 0 Å². The molecule has 1 aromatic carbocycles. The molecule has 0 unspecified atom stereocenters. The number of anilines is 1. The van der Waals surface area contributed by atoms with Crippen molar-refractivity contribution in [1.82, 2.24) is 0 Å². The molecule has 104 valence electrons. The highest BCUT2D eigenvalue weighted by Crippen LogP contribution is 2.28. The van der Waals surface area contributed by atoms with Crippen LogP contribution in [0.15, 0.2) is 18.2 Å². The summed E-state index contributed by atoms with van der Waals surface area (Å²) in [4.78, 5) is 21.5. The normalized spacial score (nSPS) is 11.1. The van der Waals surface area contributed by atoms with Gasteiger partial charge < -0.3 is 11.1 Å². The summed E-state index contributed by atoms with van der Waals surface area (Å²) in [6.07, 6.45) is 1.98. The molecule has 0 spiro atoms. The molecule has 0 aromatic heterocycles. The van der Waals surface area contributed by atoms with Crippen molar-refractivity contribution in [2.75, 3.05) is 18.1 Å². The number of hydrogen-bond donors (Lipinski definition) is 2. The smallest absolute Gasteiger partial charge is 0.293 e. The SMILES string of the molecule is CSC(C)(C)CNc1ccc(C(N)=O)cc1[N+](=O)[O-]. The predicted octanol–water partition coefficient (Wildman–Crippen LogP) is 2.25. The van der Waals surface area contributed by atoms with Crippen molar-refractivity contribution in [2.24, 2.45) is 5.73 Å². The summed E-state index contributed by atoms with van der Waals surface area (Å²) in [6.45, 7) is 4.65. The quantitative estimate of drug-likeness (QED) is 0.616. The molecule has 6 nitrogen and oxygen atoms in total. The number of carbonyl (C=O) groups excluding carboxylic acids is 1. The zero-order chi connectivity index (χ0) is 14.6. The van der Waals surface area contributed by atoms with Crippen molar-refractivity contribution in [2.45, 2.75) is 18.6 Å². The molecule has 0 saturated heterocycles. The summed E-state index contributed by atoms with van der Waals surface area (Å²) in [6, 6.07) is 4.18. The Labute approximate surface area is 115 Å². The maximum absolute atomic E-state index is 11.0. The third kappa shape index (κ3) is 4.13. The average molecular weight is 283 g/mol. The fourth-order valence-corrected chi connectivity index (χ4v) is 1.58. The average Bonchev–Trinajstić information content (AvgIpc) is 2.36. The van der Waals surface area contributed by atoms with Gasteiger partial charge in [-0.3, -0.25) is 14.9 Å². The van der Waals surface area contributed by atoms with Crippen LogP contribution < -0.4 is 11.1 Å². The van der Waals surface area contributed by atoms with Crippen LogP contribution in [0.3, 0.4) is 0 Å². The van der Waals surface area contributed by atoms with E-state index < -0.39 is 10.8 Å². The lowest BCUT2D eigenvalue weighted by Gasteiger charge is -2.22. The highest BCUT2D eigenvalue weighted by molar-refractivity contribution is 7.99. The second kappa shape index (κ2) is 5.92. The highest BCUT2D eigenvalue weighted by Gasteiger charge is 2.20. The number of benzene rings is 1. The maximum Gasteiger partial charge on any atom is 0.293 e. The molecule has 7 heteroatoms. The predicted molar refractivity (Wildman–Crippen MR) is 77.7 cm³/mol. The minimum atomic E-state index is -0.681. The van der Waals surface area contributed by atoms with Crippen LogP contribution in [0.2, 0.25) is 0 Å². The Morgan fingerprint density at radius 3 is 2.63 bits per heavy atom. The Morgan fingerprint density at radius 2 is 2.16 bits per heavy atom. The number of thioether (sulfide) groups is 1. The Bertz CT molecular complexity index is 503. The van der Waals surface area contributed by atoms with Crippen molar-refractivity contribution < 1.29 is 9.72 Å². The van der Waals surface area contributed by atoms with Crippen molar-refractivity contribution in [1.29, 1.82) is 0 Å². The van der Waals surface area contributed by atoms with Crippen LogP contribution in [0.1, 0.15) is 24.2 Å². The minimum Gasteiger partial charge on any atom is -0.378 e. The number of nitro groups is 1. The number of carbonyl (C=O) groups is 1. The van der Waals surface area contributed by atoms with Gasteiger partial charge in [-0.1, -0.05) is 0 Å². The van der Waals surface area contributed by atoms with Gasteiger partial charge in [-0.05, 0) is 32.2 Å². The monoisotopic (exact) mass is 283 g/mol. The molecule has 1 rings (SSSR count). The number of nitrogens with zero attached hydrogens (tertiary/aromatic N) is 1. The van der Waals surface area contributed by atoms with E-state index in [9.17, 15) is 14.9 Å². The van der Waals surface area contributed by atoms with Crippen molar-refractivity contribution in [3.63, 3.8) is 0 Å². The van der Waals surface area contributed by atoms with Gasteiger partial charge in [-0.15, -0.1) is 0 Å². The molecule has 0 saturated carbocycles. The van der Waals surface area contributed by atoms with Gasteiger partial charge in [0.2, 0.25) is 5.91 Å². The van der Waals surface area contributed by atoms with Gasteiger partial charge in [0.05, 0.1) is 4.92 Å². The molecule has 0 aliphatic rings. The summed E-state index contributed by atoms with van der Waals surface area (Å²) >= 11 is 1.66. The van der Waals surface area contributed by atoms with Crippen LogP contribution >= 0.6 is 11.8 Å². The van der Waals surface area contributed by atoms with E-state index in [4.69, 9.17) is 5.73 Å². The van der Waals surface area contributed by atoms with Gasteiger partial charge in [0.15, 0.2) is 0 Å². The van der Waals surface area contributed by atoms with Crippen LogP contribution in [0.5, 0.6) is 0 Å². The van der Waals surface area contributed by atoms with Crippen molar-refractivity contribution in [3.8, 4) is 0 Å². The first-order valence-electron chi connectivity index (χ1n) is 5.64. The summed E-state index contributed by atoms with van der Waals surface area (Å²) in [7, 11) is 0. The molecule has 0 fully saturated rings. The molecule has 0 aliphatic carbocycles. The first kappa shape index (κ1) is 15.3. The van der Waals surface area contributed by atoms with Gasteiger partial charge in [0.1, 0.15) is 5.69 Å². The van der Waals surface area contributed by atoms with Crippen molar-refractivity contribution in [3.05, 3.63) is 33.9 Å². The van der Waals surface area contributed by atoms with Crippen LogP contribution in [-0.2, 0) is 0 Å². The van der Waals surface area contributed by atoms with Crippen molar-refractivity contribution >= 4 is 29.0 Å². The molecule has 0 bridgehead atoms. The third-order valence-corrected chi connectivity index (χ3v) is 3.99. The molecule has 1 amide bonds. The molecule has 1 aromatic rings. The van der Waals surface area contributed by atoms with Crippen LogP contribution in [0, 0.1) is 10.1 Å². The summed E-state index contributed by atoms with van der Waals surface area (Å²) in [5, 5.41) is 14.0. The lowest BCUT2D eigenvalue weighted by atomic mass is 10.1. The molecule has 19 heavy (non-hydrogen) atoms. The third-order valence-electron chi connectivity index (χ3n) is 2.74. The second-order valence-electron chi connectivity index (χ2n) is 4.67. The first-order chi connectivity index (χ1) is 8.76. The van der Waals surface area contributed by atoms with E-state index in [2.05, 4.69) is 5.32 Å². The largest absolute Gasteiger partial charge is 0.378 e. The Balaban J connectivity index is 3.01. The summed E-state index contributed by atoms with van der Waals surface area (Å²) < 4.78 is -0.0454. The van der Waals surface area contributed by atoms with E-state index in [0.29, 0.717) is 12.2 Å². The van der Waals surface area contributed by atoms with E-state index in [1.807, 2.05) is 20.1 Å². The van der Waals surface area contributed by atoms with Crippen LogP contribution in [0.25, 0.3) is 0 Å². The fraction of sp³-hybridized carbons (Fsp3) is 0.417. The molecule has 0 atom stereocenters. The van der Waals surface area contributed by atoms with E-state index in [1.165, 1.54) is 18.2 Å². The van der Waals surface area contributed by atoms with Crippen LogP contribution in [-0.4, -0.2) is 28.4 Å². The van der Waals surface area contributed by atoms with Gasteiger partial charge >= 0.3 is 0 Å². The lowest BCUT2D eigenvalue weighted by molar-refractivity contribution is -0.384. The first-order valence-corrected chi connectivity index (χ1v) is 6.86.